The van der Waals surface area contributed by atoms with Crippen LogP contribution in [-0.4, -0.2) is 43.0 Å². The Labute approximate surface area is 151 Å². The maximum atomic E-state index is 12.4. The summed E-state index contributed by atoms with van der Waals surface area (Å²) in [5.41, 5.74) is 2.37. The quantitative estimate of drug-likeness (QED) is 0.914. The molecule has 1 saturated heterocycles. The minimum Gasteiger partial charge on any atom is -0.378 e. The summed E-state index contributed by atoms with van der Waals surface area (Å²) >= 11 is 1.63. The SMILES string of the molecule is Cc1cc(C(=O)NCc2ccc(C(=O)N3CCOCC3)cc2)c(C)s1. The van der Waals surface area contributed by atoms with Gasteiger partial charge in [0.1, 0.15) is 0 Å². The Morgan fingerprint density at radius 1 is 1.16 bits per heavy atom. The molecule has 5 nitrogen and oxygen atoms in total. The molecule has 6 heteroatoms. The zero-order valence-electron chi connectivity index (χ0n) is 14.5. The summed E-state index contributed by atoms with van der Waals surface area (Å²) in [7, 11) is 0. The lowest BCUT2D eigenvalue weighted by Gasteiger charge is -2.26. The van der Waals surface area contributed by atoms with Crippen molar-refractivity contribution in [2.75, 3.05) is 26.3 Å². The molecule has 0 spiro atoms. The van der Waals surface area contributed by atoms with E-state index in [1.165, 1.54) is 0 Å². The van der Waals surface area contributed by atoms with Gasteiger partial charge in [0.15, 0.2) is 0 Å². The van der Waals surface area contributed by atoms with Gasteiger partial charge in [0.2, 0.25) is 0 Å². The summed E-state index contributed by atoms with van der Waals surface area (Å²) < 4.78 is 5.27. The van der Waals surface area contributed by atoms with E-state index in [0.717, 1.165) is 20.9 Å². The van der Waals surface area contributed by atoms with Crippen molar-refractivity contribution in [1.29, 1.82) is 0 Å². The van der Waals surface area contributed by atoms with E-state index in [1.54, 1.807) is 11.3 Å². The number of amides is 2. The van der Waals surface area contributed by atoms with Crippen LogP contribution in [0, 0.1) is 13.8 Å². The van der Waals surface area contributed by atoms with E-state index < -0.39 is 0 Å². The molecule has 1 N–H and O–H groups in total. The number of nitrogens with zero attached hydrogens (tertiary/aromatic N) is 1. The molecule has 132 valence electrons. The van der Waals surface area contributed by atoms with Crippen LogP contribution in [0.5, 0.6) is 0 Å². The number of morpholine rings is 1. The van der Waals surface area contributed by atoms with Crippen molar-refractivity contribution in [2.24, 2.45) is 0 Å². The Bertz CT molecular complexity index is 761. The molecular formula is C19H22N2O3S. The van der Waals surface area contributed by atoms with Crippen LogP contribution < -0.4 is 5.32 Å². The molecular weight excluding hydrogens is 336 g/mol. The van der Waals surface area contributed by atoms with E-state index >= 15 is 0 Å². The maximum absolute atomic E-state index is 12.4. The largest absolute Gasteiger partial charge is 0.378 e. The van der Waals surface area contributed by atoms with Gasteiger partial charge >= 0.3 is 0 Å². The number of benzene rings is 1. The maximum Gasteiger partial charge on any atom is 0.254 e. The normalized spacial score (nSPS) is 14.4. The topological polar surface area (TPSA) is 58.6 Å². The first-order valence-corrected chi connectivity index (χ1v) is 9.17. The van der Waals surface area contributed by atoms with Crippen molar-refractivity contribution >= 4 is 23.2 Å². The van der Waals surface area contributed by atoms with E-state index in [9.17, 15) is 9.59 Å². The molecule has 0 bridgehead atoms. The second-order valence-electron chi connectivity index (χ2n) is 6.11. The van der Waals surface area contributed by atoms with Gasteiger partial charge in [0.05, 0.1) is 18.8 Å². The van der Waals surface area contributed by atoms with Crippen LogP contribution in [0.2, 0.25) is 0 Å². The molecule has 0 radical (unpaired) electrons. The summed E-state index contributed by atoms with van der Waals surface area (Å²) in [6.45, 7) is 6.86. The van der Waals surface area contributed by atoms with Crippen molar-refractivity contribution in [3.8, 4) is 0 Å². The fourth-order valence-electron chi connectivity index (χ4n) is 2.85. The van der Waals surface area contributed by atoms with Gasteiger partial charge in [-0.15, -0.1) is 11.3 Å². The first kappa shape index (κ1) is 17.6. The van der Waals surface area contributed by atoms with Gasteiger partial charge < -0.3 is 15.0 Å². The third-order valence-corrected chi connectivity index (χ3v) is 5.20. The molecule has 1 aromatic heterocycles. The lowest BCUT2D eigenvalue weighted by molar-refractivity contribution is 0.0303. The molecule has 2 amide bonds. The second-order valence-corrected chi connectivity index (χ2v) is 7.57. The Kier molecular flexibility index (Phi) is 5.50. The first-order valence-electron chi connectivity index (χ1n) is 8.36. The van der Waals surface area contributed by atoms with Crippen LogP contribution in [-0.2, 0) is 11.3 Å². The van der Waals surface area contributed by atoms with Crippen molar-refractivity contribution in [3.63, 3.8) is 0 Å². The van der Waals surface area contributed by atoms with Crippen molar-refractivity contribution < 1.29 is 14.3 Å². The minimum atomic E-state index is -0.0599. The van der Waals surface area contributed by atoms with Crippen LogP contribution in [0.1, 0.15) is 36.0 Å². The molecule has 0 atom stereocenters. The number of carbonyl (C=O) groups excluding carboxylic acids is 2. The number of nitrogens with one attached hydrogen (secondary N) is 1. The number of carbonyl (C=O) groups is 2. The van der Waals surface area contributed by atoms with Gasteiger partial charge in [-0.3, -0.25) is 9.59 Å². The molecule has 2 aromatic rings. The highest BCUT2D eigenvalue weighted by Gasteiger charge is 2.18. The van der Waals surface area contributed by atoms with E-state index in [4.69, 9.17) is 4.74 Å². The first-order chi connectivity index (χ1) is 12.0. The summed E-state index contributed by atoms with van der Waals surface area (Å²) in [5.74, 6) is -0.0291. The van der Waals surface area contributed by atoms with Gasteiger partial charge in [-0.25, -0.2) is 0 Å². The molecule has 1 aliphatic rings. The van der Waals surface area contributed by atoms with Crippen LogP contribution in [0.3, 0.4) is 0 Å². The van der Waals surface area contributed by atoms with Crippen LogP contribution in [0.15, 0.2) is 30.3 Å². The molecule has 25 heavy (non-hydrogen) atoms. The summed E-state index contributed by atoms with van der Waals surface area (Å²) in [6.07, 6.45) is 0. The molecule has 1 aliphatic heterocycles. The third kappa shape index (κ3) is 4.27. The lowest BCUT2D eigenvalue weighted by Crippen LogP contribution is -2.40. The van der Waals surface area contributed by atoms with Crippen LogP contribution in [0.25, 0.3) is 0 Å². The minimum absolute atomic E-state index is 0.0308. The number of hydrogen-bond donors (Lipinski definition) is 1. The van der Waals surface area contributed by atoms with Gasteiger partial charge in [0.25, 0.3) is 11.8 Å². The molecule has 0 saturated carbocycles. The van der Waals surface area contributed by atoms with Gasteiger partial charge in [0, 0.05) is 35.0 Å². The fourth-order valence-corrected chi connectivity index (χ4v) is 3.77. The van der Waals surface area contributed by atoms with Gasteiger partial charge in [-0.2, -0.15) is 0 Å². The number of aryl methyl sites for hydroxylation is 2. The predicted molar refractivity (Wildman–Crippen MR) is 98.1 cm³/mol. The Morgan fingerprint density at radius 3 is 2.44 bits per heavy atom. The Hall–Kier alpha value is -2.18. The van der Waals surface area contributed by atoms with Crippen molar-refractivity contribution in [3.05, 3.63) is 56.8 Å². The highest BCUT2D eigenvalue weighted by Crippen LogP contribution is 2.20. The van der Waals surface area contributed by atoms with E-state index in [0.29, 0.717) is 38.4 Å². The van der Waals surface area contributed by atoms with Crippen LogP contribution in [0.4, 0.5) is 0 Å². The van der Waals surface area contributed by atoms with Crippen molar-refractivity contribution in [2.45, 2.75) is 20.4 Å². The number of rotatable bonds is 4. The summed E-state index contributed by atoms with van der Waals surface area (Å²) in [5, 5.41) is 2.94. The van der Waals surface area contributed by atoms with E-state index in [2.05, 4.69) is 5.32 Å². The molecule has 0 aliphatic carbocycles. The monoisotopic (exact) mass is 358 g/mol. The fraction of sp³-hybridized carbons (Fsp3) is 0.368. The zero-order valence-corrected chi connectivity index (χ0v) is 15.3. The number of ether oxygens (including phenoxy) is 1. The number of thiophene rings is 1. The highest BCUT2D eigenvalue weighted by atomic mass is 32.1. The summed E-state index contributed by atoms with van der Waals surface area (Å²) in [6, 6.07) is 9.33. The average molecular weight is 358 g/mol. The molecule has 1 aromatic carbocycles. The highest BCUT2D eigenvalue weighted by molar-refractivity contribution is 7.12. The third-order valence-electron chi connectivity index (χ3n) is 4.24. The second kappa shape index (κ2) is 7.80. The molecule has 1 fully saturated rings. The van der Waals surface area contributed by atoms with Gasteiger partial charge in [-0.05, 0) is 37.6 Å². The molecule has 3 rings (SSSR count). The standard InChI is InChI=1S/C19H22N2O3S/c1-13-11-17(14(2)25-13)18(22)20-12-15-3-5-16(6-4-15)19(23)21-7-9-24-10-8-21/h3-6,11H,7-10,12H2,1-2H3,(H,20,22). The van der Waals surface area contributed by atoms with Crippen molar-refractivity contribution in [1.82, 2.24) is 10.2 Å². The average Bonchev–Trinajstić information content (AvgIpc) is 2.98. The van der Waals surface area contributed by atoms with Crippen LogP contribution >= 0.6 is 11.3 Å². The van der Waals surface area contributed by atoms with E-state index in [-0.39, 0.29) is 11.8 Å². The Morgan fingerprint density at radius 2 is 1.84 bits per heavy atom. The smallest absolute Gasteiger partial charge is 0.254 e. The summed E-state index contributed by atoms with van der Waals surface area (Å²) in [4.78, 5) is 28.6. The predicted octanol–water partition coefficient (Wildman–Crippen LogP) is 2.77. The van der Waals surface area contributed by atoms with E-state index in [1.807, 2.05) is 49.1 Å². The molecule has 2 heterocycles. The molecule has 0 unspecified atom stereocenters. The lowest BCUT2D eigenvalue weighted by atomic mass is 10.1. The van der Waals surface area contributed by atoms with Gasteiger partial charge in [-0.1, -0.05) is 12.1 Å². The number of hydrogen-bond acceptors (Lipinski definition) is 4. The Balaban J connectivity index is 1.58. The zero-order chi connectivity index (χ0) is 17.8.